The topological polar surface area (TPSA) is 91.3 Å². The summed E-state index contributed by atoms with van der Waals surface area (Å²) in [6.07, 6.45) is 1.05. The van der Waals surface area contributed by atoms with E-state index >= 15 is 0 Å². The Morgan fingerprint density at radius 2 is 1.52 bits per heavy atom. The maximum Gasteiger partial charge on any atom is 0.255 e. The molecule has 2 saturated heterocycles. The highest BCUT2D eigenvalue weighted by Crippen LogP contribution is 2.39. The summed E-state index contributed by atoms with van der Waals surface area (Å²) < 4.78 is 13.0. The summed E-state index contributed by atoms with van der Waals surface area (Å²) in [7, 11) is 0. The fourth-order valence-corrected chi connectivity index (χ4v) is 6.12. The first-order valence-electron chi connectivity index (χ1n) is 15.1. The van der Waals surface area contributed by atoms with E-state index in [2.05, 4.69) is 10.2 Å². The van der Waals surface area contributed by atoms with Crippen molar-refractivity contribution in [1.82, 2.24) is 4.90 Å². The van der Waals surface area contributed by atoms with Crippen LogP contribution in [0.5, 0.6) is 0 Å². The SMILES string of the molecule is O=C(Nc1ccc(C2OC(CN3CCC(O)(c4ccc(Cl)cc4)CC3)CC(c3ccc(CO)cc3)O2)cc1)c1ccccc1. The maximum atomic E-state index is 12.6. The second-order valence-corrected chi connectivity index (χ2v) is 12.1. The molecule has 4 aromatic rings. The lowest BCUT2D eigenvalue weighted by molar-refractivity contribution is -0.253. The summed E-state index contributed by atoms with van der Waals surface area (Å²) in [6, 6.07) is 32.0. The van der Waals surface area contributed by atoms with Crippen molar-refractivity contribution in [2.45, 2.75) is 50.0 Å². The molecule has 44 heavy (non-hydrogen) atoms. The number of aliphatic hydroxyl groups is 2. The van der Waals surface area contributed by atoms with Gasteiger partial charge in [-0.15, -0.1) is 0 Å². The molecule has 3 N–H and O–H groups in total. The van der Waals surface area contributed by atoms with E-state index in [4.69, 9.17) is 21.1 Å². The van der Waals surface area contributed by atoms with Crippen molar-refractivity contribution in [3.8, 4) is 0 Å². The third-order valence-electron chi connectivity index (χ3n) is 8.62. The lowest BCUT2D eigenvalue weighted by Crippen LogP contribution is -2.46. The molecule has 228 valence electrons. The smallest absolute Gasteiger partial charge is 0.255 e. The molecule has 0 aromatic heterocycles. The van der Waals surface area contributed by atoms with Gasteiger partial charge in [0.1, 0.15) is 0 Å². The third kappa shape index (κ3) is 7.21. The predicted octanol–water partition coefficient (Wildman–Crippen LogP) is 6.61. The number of piperidine rings is 1. The molecule has 1 amide bonds. The Bertz CT molecular complexity index is 1520. The second kappa shape index (κ2) is 13.6. The average Bonchev–Trinajstić information content (AvgIpc) is 3.07. The third-order valence-corrected chi connectivity index (χ3v) is 8.87. The van der Waals surface area contributed by atoms with E-state index in [0.29, 0.717) is 42.1 Å². The highest BCUT2D eigenvalue weighted by Gasteiger charge is 2.37. The Morgan fingerprint density at radius 3 is 2.18 bits per heavy atom. The van der Waals surface area contributed by atoms with Gasteiger partial charge in [0.15, 0.2) is 6.29 Å². The van der Waals surface area contributed by atoms with E-state index in [0.717, 1.165) is 35.3 Å². The largest absolute Gasteiger partial charge is 0.392 e. The molecular weight excluding hydrogens is 576 g/mol. The number of hydrogen-bond acceptors (Lipinski definition) is 6. The summed E-state index contributed by atoms with van der Waals surface area (Å²) in [5, 5.41) is 24.5. The van der Waals surface area contributed by atoms with Crippen molar-refractivity contribution in [3.63, 3.8) is 0 Å². The number of halogens is 1. The lowest BCUT2D eigenvalue weighted by Gasteiger charge is -2.42. The van der Waals surface area contributed by atoms with Gasteiger partial charge in [0.2, 0.25) is 0 Å². The van der Waals surface area contributed by atoms with Gasteiger partial charge in [-0.2, -0.15) is 0 Å². The molecule has 6 rings (SSSR count). The molecule has 2 fully saturated rings. The van der Waals surface area contributed by atoms with Crippen molar-refractivity contribution in [2.75, 3.05) is 25.0 Å². The summed E-state index contributed by atoms with van der Waals surface area (Å²) in [4.78, 5) is 15.0. The van der Waals surface area contributed by atoms with E-state index in [1.165, 1.54) is 0 Å². The zero-order valence-electron chi connectivity index (χ0n) is 24.4. The second-order valence-electron chi connectivity index (χ2n) is 11.6. The highest BCUT2D eigenvalue weighted by molar-refractivity contribution is 6.30. The van der Waals surface area contributed by atoms with E-state index in [1.807, 2.05) is 91.0 Å². The molecule has 2 aliphatic rings. The number of hydrogen-bond donors (Lipinski definition) is 3. The number of carbonyl (C=O) groups excluding carboxylic acids is 1. The van der Waals surface area contributed by atoms with E-state index in [1.54, 1.807) is 12.1 Å². The molecule has 0 radical (unpaired) electrons. The Hall–Kier alpha value is -3.56. The van der Waals surface area contributed by atoms with Crippen LogP contribution in [0.2, 0.25) is 5.02 Å². The first kappa shape index (κ1) is 30.5. The number of likely N-dealkylation sites (tertiary alicyclic amines) is 1. The van der Waals surface area contributed by atoms with Crippen molar-refractivity contribution < 1.29 is 24.5 Å². The molecular formula is C36H37ClN2O5. The van der Waals surface area contributed by atoms with Crippen LogP contribution in [0, 0.1) is 0 Å². The Labute approximate surface area is 263 Å². The minimum absolute atomic E-state index is 0.00927. The van der Waals surface area contributed by atoms with Gasteiger partial charge in [-0.05, 0) is 65.9 Å². The fourth-order valence-electron chi connectivity index (χ4n) is 5.99. The summed E-state index contributed by atoms with van der Waals surface area (Å²) in [5.41, 5.74) is 4.06. The number of nitrogens with one attached hydrogen (secondary N) is 1. The first-order valence-corrected chi connectivity index (χ1v) is 15.4. The number of rotatable bonds is 8. The predicted molar refractivity (Wildman–Crippen MR) is 170 cm³/mol. The van der Waals surface area contributed by atoms with E-state index < -0.39 is 11.9 Å². The van der Waals surface area contributed by atoms with Gasteiger partial charge in [-0.1, -0.05) is 78.3 Å². The van der Waals surface area contributed by atoms with Crippen LogP contribution in [0.4, 0.5) is 5.69 Å². The van der Waals surface area contributed by atoms with Crippen molar-refractivity contribution in [2.24, 2.45) is 0 Å². The number of nitrogens with zero attached hydrogens (tertiary/aromatic N) is 1. The zero-order valence-corrected chi connectivity index (χ0v) is 25.2. The number of benzene rings is 4. The molecule has 2 aliphatic heterocycles. The Balaban J connectivity index is 1.14. The molecule has 0 bridgehead atoms. The molecule has 0 saturated carbocycles. The average molecular weight is 613 g/mol. The van der Waals surface area contributed by atoms with Crippen LogP contribution in [0.25, 0.3) is 0 Å². The Kier molecular flexibility index (Phi) is 9.42. The molecule has 0 spiro atoms. The van der Waals surface area contributed by atoms with Crippen LogP contribution in [0.15, 0.2) is 103 Å². The van der Waals surface area contributed by atoms with Crippen molar-refractivity contribution in [3.05, 3.63) is 136 Å². The molecule has 4 aromatic carbocycles. The van der Waals surface area contributed by atoms with Gasteiger partial charge >= 0.3 is 0 Å². The van der Waals surface area contributed by atoms with Crippen LogP contribution < -0.4 is 5.32 Å². The quantitative estimate of drug-likeness (QED) is 0.207. The molecule has 7 nitrogen and oxygen atoms in total. The number of anilines is 1. The highest BCUT2D eigenvalue weighted by atomic mass is 35.5. The standard InChI is InChI=1S/C36H37ClN2O5/c37-30-14-12-29(13-15-30)36(42)18-20-39(21-19-36)23-32-22-33(26-8-6-25(24-40)7-9-26)44-35(43-32)28-10-16-31(17-11-28)38-34(41)27-4-2-1-3-5-27/h1-17,32-33,35,40,42H,18-24H2,(H,38,41). The van der Waals surface area contributed by atoms with Crippen LogP contribution in [-0.2, 0) is 21.7 Å². The van der Waals surface area contributed by atoms with Crippen LogP contribution in [0.1, 0.15) is 64.3 Å². The maximum absolute atomic E-state index is 12.6. The monoisotopic (exact) mass is 612 g/mol. The van der Waals surface area contributed by atoms with Gasteiger partial charge in [-0.25, -0.2) is 0 Å². The van der Waals surface area contributed by atoms with Gasteiger partial charge in [-0.3, -0.25) is 4.79 Å². The van der Waals surface area contributed by atoms with Gasteiger partial charge < -0.3 is 29.9 Å². The summed E-state index contributed by atoms with van der Waals surface area (Å²) in [6.45, 7) is 2.20. The molecule has 2 heterocycles. The first-order chi connectivity index (χ1) is 21.4. The van der Waals surface area contributed by atoms with Crippen molar-refractivity contribution in [1.29, 1.82) is 0 Å². The minimum Gasteiger partial charge on any atom is -0.392 e. The number of aliphatic hydroxyl groups excluding tert-OH is 1. The molecule has 3 unspecified atom stereocenters. The lowest BCUT2D eigenvalue weighted by atomic mass is 9.84. The minimum atomic E-state index is -0.866. The van der Waals surface area contributed by atoms with Crippen LogP contribution >= 0.6 is 11.6 Å². The van der Waals surface area contributed by atoms with Gasteiger partial charge in [0.25, 0.3) is 5.91 Å². The number of carbonyl (C=O) groups is 1. The van der Waals surface area contributed by atoms with E-state index in [9.17, 15) is 15.0 Å². The van der Waals surface area contributed by atoms with Gasteiger partial charge in [0, 0.05) is 47.9 Å². The fraction of sp³-hybridized carbons (Fsp3) is 0.306. The molecule has 0 aliphatic carbocycles. The van der Waals surface area contributed by atoms with Crippen LogP contribution in [0.3, 0.4) is 0 Å². The Morgan fingerprint density at radius 1 is 0.864 bits per heavy atom. The molecule has 3 atom stereocenters. The van der Waals surface area contributed by atoms with E-state index in [-0.39, 0.29) is 24.7 Å². The number of ether oxygens (including phenoxy) is 2. The molecule has 8 heteroatoms. The normalized spacial score (nSPS) is 21.9. The summed E-state index contributed by atoms with van der Waals surface area (Å²) in [5.74, 6) is -0.167. The number of amides is 1. The van der Waals surface area contributed by atoms with Gasteiger partial charge in [0.05, 0.1) is 24.4 Å². The van der Waals surface area contributed by atoms with Crippen molar-refractivity contribution >= 4 is 23.2 Å². The zero-order chi connectivity index (χ0) is 30.5. The summed E-state index contributed by atoms with van der Waals surface area (Å²) >= 11 is 6.06. The van der Waals surface area contributed by atoms with Crippen LogP contribution in [-0.4, -0.2) is 46.8 Å².